The van der Waals surface area contributed by atoms with Crippen LogP contribution in [0.3, 0.4) is 0 Å². The summed E-state index contributed by atoms with van der Waals surface area (Å²) in [5, 5.41) is 15.2. The van der Waals surface area contributed by atoms with Crippen molar-refractivity contribution in [3.8, 4) is 44.5 Å². The minimum absolute atomic E-state index is 0.152. The van der Waals surface area contributed by atoms with Gasteiger partial charge in [0.25, 0.3) is 0 Å². The highest BCUT2D eigenvalue weighted by Crippen LogP contribution is 2.53. The quantitative estimate of drug-likeness (QED) is 0.151. The fraction of sp³-hybridized carbons (Fsp3) is 0.0448. The molecule has 13 aromatic carbocycles. The number of hydrogen-bond donors (Lipinski definition) is 0. The van der Waals surface area contributed by atoms with Gasteiger partial charge in [-0.3, -0.25) is 0 Å². The van der Waals surface area contributed by atoms with Crippen molar-refractivity contribution in [3.63, 3.8) is 0 Å². The van der Waals surface area contributed by atoms with Crippen molar-refractivity contribution in [2.24, 2.45) is 0 Å². The lowest BCUT2D eigenvalue weighted by atomic mass is 9.81. The molecule has 0 amide bonds. The molecule has 318 valence electrons. The largest absolute Gasteiger partial charge is 0.310 e. The second kappa shape index (κ2) is 14.7. The second-order valence-electron chi connectivity index (χ2n) is 19.2. The summed E-state index contributed by atoms with van der Waals surface area (Å²) in [5.74, 6) is 0. The Morgan fingerprint density at radius 3 is 1.51 bits per heavy atom. The van der Waals surface area contributed by atoms with Gasteiger partial charge in [-0.25, -0.2) is 0 Å². The van der Waals surface area contributed by atoms with E-state index in [2.05, 4.69) is 255 Å². The van der Waals surface area contributed by atoms with Crippen molar-refractivity contribution in [2.45, 2.75) is 19.3 Å². The number of benzene rings is 13. The van der Waals surface area contributed by atoms with Gasteiger partial charge in [0.15, 0.2) is 0 Å². The third kappa shape index (κ3) is 5.69. The van der Waals surface area contributed by atoms with Crippen molar-refractivity contribution in [2.75, 3.05) is 4.90 Å². The van der Waals surface area contributed by atoms with Crippen LogP contribution in [0, 0.1) is 0 Å². The molecule has 1 heteroatoms. The van der Waals surface area contributed by atoms with Gasteiger partial charge in [-0.15, -0.1) is 0 Å². The van der Waals surface area contributed by atoms with Crippen LogP contribution in [0.15, 0.2) is 237 Å². The number of hydrogen-bond acceptors (Lipinski definition) is 1. The van der Waals surface area contributed by atoms with Gasteiger partial charge in [0, 0.05) is 22.5 Å². The zero-order valence-electron chi connectivity index (χ0n) is 38.0. The lowest BCUT2D eigenvalue weighted by Gasteiger charge is -2.29. The molecule has 0 spiro atoms. The van der Waals surface area contributed by atoms with Crippen LogP contribution < -0.4 is 4.90 Å². The molecular formula is C67H45N. The molecule has 0 radical (unpaired) electrons. The number of nitrogens with zero attached hydrogens (tertiary/aromatic N) is 1. The average Bonchev–Trinajstić information content (AvgIpc) is 3.63. The third-order valence-electron chi connectivity index (χ3n) is 15.1. The molecule has 0 aromatic heterocycles. The van der Waals surface area contributed by atoms with Gasteiger partial charge in [-0.1, -0.05) is 208 Å². The molecule has 0 heterocycles. The van der Waals surface area contributed by atoms with E-state index >= 15 is 0 Å². The summed E-state index contributed by atoms with van der Waals surface area (Å²) in [4.78, 5) is 2.51. The highest BCUT2D eigenvalue weighted by Gasteiger charge is 2.36. The molecule has 1 aliphatic carbocycles. The van der Waals surface area contributed by atoms with E-state index < -0.39 is 0 Å². The minimum Gasteiger partial charge on any atom is -0.310 e. The summed E-state index contributed by atoms with van der Waals surface area (Å²) in [6.45, 7) is 4.76. The van der Waals surface area contributed by atoms with E-state index in [9.17, 15) is 0 Å². The first-order valence-electron chi connectivity index (χ1n) is 23.8. The first kappa shape index (κ1) is 38.7. The fourth-order valence-electron chi connectivity index (χ4n) is 12.0. The Bertz CT molecular complexity index is 4080. The van der Waals surface area contributed by atoms with Crippen LogP contribution in [0.1, 0.15) is 25.0 Å². The molecule has 1 nitrogen and oxygen atoms in total. The summed E-state index contributed by atoms with van der Waals surface area (Å²) < 4.78 is 0. The lowest BCUT2D eigenvalue weighted by Crippen LogP contribution is -2.16. The summed E-state index contributed by atoms with van der Waals surface area (Å²) in [6, 6.07) is 88.5. The summed E-state index contributed by atoms with van der Waals surface area (Å²) in [5.41, 5.74) is 15.9. The Labute approximate surface area is 396 Å². The molecule has 68 heavy (non-hydrogen) atoms. The van der Waals surface area contributed by atoms with Gasteiger partial charge in [0.2, 0.25) is 0 Å². The van der Waals surface area contributed by atoms with E-state index in [1.807, 2.05) is 0 Å². The van der Waals surface area contributed by atoms with Crippen LogP contribution in [0.5, 0.6) is 0 Å². The van der Waals surface area contributed by atoms with Crippen molar-refractivity contribution >= 4 is 81.7 Å². The Morgan fingerprint density at radius 1 is 0.279 bits per heavy atom. The Balaban J connectivity index is 1.09. The lowest BCUT2D eigenvalue weighted by molar-refractivity contribution is 0.660. The Kier molecular flexibility index (Phi) is 8.40. The van der Waals surface area contributed by atoms with Crippen molar-refractivity contribution in [3.05, 3.63) is 248 Å². The molecule has 0 N–H and O–H groups in total. The summed E-state index contributed by atoms with van der Waals surface area (Å²) in [6.07, 6.45) is 0. The molecule has 0 bridgehead atoms. The number of rotatable bonds is 6. The minimum atomic E-state index is -0.152. The average molecular weight is 864 g/mol. The first-order chi connectivity index (χ1) is 33.5. The highest BCUT2D eigenvalue weighted by atomic mass is 15.1. The maximum atomic E-state index is 2.51. The van der Waals surface area contributed by atoms with E-state index in [1.165, 1.54) is 120 Å². The summed E-state index contributed by atoms with van der Waals surface area (Å²) in [7, 11) is 0. The van der Waals surface area contributed by atoms with Crippen LogP contribution in [-0.4, -0.2) is 0 Å². The van der Waals surface area contributed by atoms with E-state index in [-0.39, 0.29) is 5.41 Å². The van der Waals surface area contributed by atoms with Gasteiger partial charge in [0.1, 0.15) is 0 Å². The molecule has 0 atom stereocenters. The molecule has 13 aromatic rings. The molecule has 14 rings (SSSR count). The fourth-order valence-corrected chi connectivity index (χ4v) is 12.0. The van der Waals surface area contributed by atoms with E-state index in [4.69, 9.17) is 0 Å². The topological polar surface area (TPSA) is 3.24 Å². The van der Waals surface area contributed by atoms with Crippen LogP contribution in [-0.2, 0) is 5.41 Å². The normalized spacial score (nSPS) is 13.0. The van der Waals surface area contributed by atoms with Gasteiger partial charge < -0.3 is 4.90 Å². The zero-order chi connectivity index (χ0) is 45.1. The Hall–Kier alpha value is -8.52. The molecular weight excluding hydrogens is 819 g/mol. The van der Waals surface area contributed by atoms with E-state index in [0.29, 0.717) is 0 Å². The van der Waals surface area contributed by atoms with Crippen LogP contribution in [0.2, 0.25) is 0 Å². The van der Waals surface area contributed by atoms with Crippen LogP contribution >= 0.6 is 0 Å². The molecule has 1 aliphatic rings. The van der Waals surface area contributed by atoms with E-state index in [0.717, 1.165) is 17.1 Å². The van der Waals surface area contributed by atoms with Gasteiger partial charge in [-0.2, -0.15) is 0 Å². The van der Waals surface area contributed by atoms with Crippen molar-refractivity contribution < 1.29 is 0 Å². The van der Waals surface area contributed by atoms with Crippen molar-refractivity contribution in [1.82, 2.24) is 0 Å². The van der Waals surface area contributed by atoms with Gasteiger partial charge >= 0.3 is 0 Å². The zero-order valence-corrected chi connectivity index (χ0v) is 38.0. The van der Waals surface area contributed by atoms with Gasteiger partial charge in [-0.05, 0) is 163 Å². The maximum Gasteiger partial charge on any atom is 0.0473 e. The second-order valence-corrected chi connectivity index (χ2v) is 19.2. The van der Waals surface area contributed by atoms with Crippen molar-refractivity contribution in [1.29, 1.82) is 0 Å². The molecule has 0 aliphatic heterocycles. The van der Waals surface area contributed by atoms with Gasteiger partial charge in [0.05, 0.1) is 0 Å². The predicted octanol–water partition coefficient (Wildman–Crippen LogP) is 18.8. The molecule has 0 fully saturated rings. The van der Waals surface area contributed by atoms with Crippen LogP contribution in [0.25, 0.3) is 109 Å². The number of fused-ring (bicyclic) bond motifs is 9. The third-order valence-corrected chi connectivity index (χ3v) is 15.1. The standard InChI is InChI=1S/C67H45N/c1-67(2)60-28-15-14-26-53(60)54-35-33-50(40-61(54)67)68(51-37-47-31-29-45-23-16-24-46-30-32-48(38-51)63(47)62(45)46)49-34-36-56-59(39-49)52-25-12-13-27-55(52)65-58(43-19-8-4-9-20-43)41-57(42-17-6-3-7-18-42)64(66(56)65)44-21-10-5-11-22-44/h3-41H,1-2H3. The highest BCUT2D eigenvalue weighted by molar-refractivity contribution is 6.33. The summed E-state index contributed by atoms with van der Waals surface area (Å²) >= 11 is 0. The predicted molar refractivity (Wildman–Crippen MR) is 291 cm³/mol. The Morgan fingerprint density at radius 2 is 0.809 bits per heavy atom. The molecule has 0 saturated heterocycles. The van der Waals surface area contributed by atoms with E-state index in [1.54, 1.807) is 0 Å². The SMILES string of the molecule is CC1(C)c2ccccc2-c2ccc(N(c3cc4ccc5cccc6ccc(c3)c4c56)c3ccc4c(c3)c3ccccc3c3c(-c5ccccc5)cc(-c5ccccc5)c(-c5ccccc5)c43)cc21. The molecule has 0 unspecified atom stereocenters. The molecule has 0 saturated carbocycles. The maximum absolute atomic E-state index is 2.51. The van der Waals surface area contributed by atoms with Crippen LogP contribution in [0.4, 0.5) is 17.1 Å². The monoisotopic (exact) mass is 863 g/mol. The first-order valence-corrected chi connectivity index (χ1v) is 23.8. The number of anilines is 3. The smallest absolute Gasteiger partial charge is 0.0473 e.